The maximum atomic E-state index is 12.0. The SMILES string of the molecule is Cc1cc(OCC(=O)O[C@@H](C)C(=O)Nc2cc(Cl)cc(Cl)c2)no1. The van der Waals surface area contributed by atoms with Gasteiger partial charge in [0.2, 0.25) is 0 Å². The molecule has 0 saturated heterocycles. The molecule has 0 saturated carbocycles. The molecule has 0 spiro atoms. The van der Waals surface area contributed by atoms with Crippen molar-refractivity contribution in [3.63, 3.8) is 0 Å². The highest BCUT2D eigenvalue weighted by Gasteiger charge is 2.19. The molecular weight excluding hydrogens is 359 g/mol. The molecule has 1 aromatic heterocycles. The van der Waals surface area contributed by atoms with Crippen molar-refractivity contribution >= 4 is 40.8 Å². The number of halogens is 2. The van der Waals surface area contributed by atoms with Crippen LogP contribution in [0.3, 0.4) is 0 Å². The Hall–Kier alpha value is -2.25. The van der Waals surface area contributed by atoms with Crippen LogP contribution in [0.4, 0.5) is 5.69 Å². The van der Waals surface area contributed by atoms with Crippen LogP contribution in [0.1, 0.15) is 12.7 Å². The van der Waals surface area contributed by atoms with Crippen LogP contribution in [0.2, 0.25) is 10.0 Å². The van der Waals surface area contributed by atoms with Crippen LogP contribution >= 0.6 is 23.2 Å². The number of nitrogens with one attached hydrogen (secondary N) is 1. The fraction of sp³-hybridized carbons (Fsp3) is 0.267. The molecular formula is C15H14Cl2N2O5. The van der Waals surface area contributed by atoms with Gasteiger partial charge in [-0.15, -0.1) is 0 Å². The van der Waals surface area contributed by atoms with Gasteiger partial charge in [0.05, 0.1) is 0 Å². The van der Waals surface area contributed by atoms with E-state index in [1.54, 1.807) is 6.92 Å². The zero-order chi connectivity index (χ0) is 17.7. The summed E-state index contributed by atoms with van der Waals surface area (Å²) in [7, 11) is 0. The van der Waals surface area contributed by atoms with Crippen LogP contribution in [-0.4, -0.2) is 29.7 Å². The van der Waals surface area contributed by atoms with E-state index in [1.165, 1.54) is 31.2 Å². The molecule has 0 radical (unpaired) electrons. The number of hydrogen-bond acceptors (Lipinski definition) is 6. The summed E-state index contributed by atoms with van der Waals surface area (Å²) >= 11 is 11.7. The molecule has 0 fully saturated rings. The van der Waals surface area contributed by atoms with E-state index in [9.17, 15) is 9.59 Å². The smallest absolute Gasteiger partial charge is 0.345 e. The summed E-state index contributed by atoms with van der Waals surface area (Å²) in [6, 6.07) is 6.10. The predicted molar refractivity (Wildman–Crippen MR) is 87.4 cm³/mol. The molecule has 0 bridgehead atoms. The summed E-state index contributed by atoms with van der Waals surface area (Å²) < 4.78 is 14.8. The van der Waals surface area contributed by atoms with Crippen LogP contribution in [0.15, 0.2) is 28.8 Å². The molecule has 2 rings (SSSR count). The fourth-order valence-electron chi connectivity index (χ4n) is 1.70. The maximum absolute atomic E-state index is 12.0. The highest BCUT2D eigenvalue weighted by molar-refractivity contribution is 6.35. The van der Waals surface area contributed by atoms with Gasteiger partial charge in [-0.25, -0.2) is 4.79 Å². The average Bonchev–Trinajstić information content (AvgIpc) is 2.89. The predicted octanol–water partition coefficient (Wildman–Crippen LogP) is 3.24. The lowest BCUT2D eigenvalue weighted by molar-refractivity contribution is -0.155. The third kappa shape index (κ3) is 5.43. The lowest BCUT2D eigenvalue weighted by atomic mass is 10.3. The van der Waals surface area contributed by atoms with E-state index in [2.05, 4.69) is 10.5 Å². The van der Waals surface area contributed by atoms with Crippen molar-refractivity contribution in [2.24, 2.45) is 0 Å². The number of nitrogens with zero attached hydrogens (tertiary/aromatic N) is 1. The summed E-state index contributed by atoms with van der Waals surface area (Å²) in [5.74, 6) is -0.539. The first-order valence-corrected chi connectivity index (χ1v) is 7.61. The third-order valence-corrected chi connectivity index (χ3v) is 3.19. The molecule has 24 heavy (non-hydrogen) atoms. The molecule has 1 heterocycles. The molecule has 2 aromatic rings. The van der Waals surface area contributed by atoms with Crippen molar-refractivity contribution in [2.45, 2.75) is 20.0 Å². The molecule has 0 unspecified atom stereocenters. The summed E-state index contributed by atoms with van der Waals surface area (Å²) in [5.41, 5.74) is 0.398. The van der Waals surface area contributed by atoms with Gasteiger partial charge in [0, 0.05) is 21.8 Å². The van der Waals surface area contributed by atoms with Gasteiger partial charge in [-0.05, 0) is 37.2 Å². The summed E-state index contributed by atoms with van der Waals surface area (Å²) in [6.45, 7) is 2.72. The highest BCUT2D eigenvalue weighted by Crippen LogP contribution is 2.22. The largest absolute Gasteiger partial charge is 0.463 e. The topological polar surface area (TPSA) is 90.7 Å². The number of aromatic nitrogens is 1. The minimum atomic E-state index is -1.03. The summed E-state index contributed by atoms with van der Waals surface area (Å²) in [6.07, 6.45) is -1.03. The van der Waals surface area contributed by atoms with E-state index in [0.29, 0.717) is 21.5 Å². The zero-order valence-electron chi connectivity index (χ0n) is 12.8. The third-order valence-electron chi connectivity index (χ3n) is 2.75. The van der Waals surface area contributed by atoms with Crippen molar-refractivity contribution < 1.29 is 23.6 Å². The van der Waals surface area contributed by atoms with Gasteiger partial charge in [0.25, 0.3) is 11.8 Å². The number of esters is 1. The Morgan fingerprint density at radius 3 is 2.50 bits per heavy atom. The molecule has 1 atom stereocenters. The Kier molecular flexibility index (Phi) is 6.05. The van der Waals surface area contributed by atoms with Gasteiger partial charge in [-0.1, -0.05) is 23.2 Å². The minimum absolute atomic E-state index is 0.162. The van der Waals surface area contributed by atoms with Crippen LogP contribution in [-0.2, 0) is 14.3 Å². The van der Waals surface area contributed by atoms with Crippen molar-refractivity contribution in [1.29, 1.82) is 0 Å². The molecule has 1 amide bonds. The number of ether oxygens (including phenoxy) is 2. The second-order valence-corrected chi connectivity index (χ2v) is 5.72. The number of hydrogen-bond donors (Lipinski definition) is 1. The zero-order valence-corrected chi connectivity index (χ0v) is 14.4. The van der Waals surface area contributed by atoms with E-state index in [-0.39, 0.29) is 5.88 Å². The van der Waals surface area contributed by atoms with Gasteiger partial charge in [0.1, 0.15) is 5.76 Å². The van der Waals surface area contributed by atoms with Gasteiger partial charge in [-0.3, -0.25) is 4.79 Å². The molecule has 1 aromatic carbocycles. The number of benzene rings is 1. The Bertz CT molecular complexity index is 727. The van der Waals surface area contributed by atoms with E-state index < -0.39 is 24.6 Å². The number of carbonyl (C=O) groups is 2. The van der Waals surface area contributed by atoms with Crippen molar-refractivity contribution in [2.75, 3.05) is 11.9 Å². The first-order chi connectivity index (χ1) is 11.3. The lowest BCUT2D eigenvalue weighted by Crippen LogP contribution is -2.31. The lowest BCUT2D eigenvalue weighted by Gasteiger charge is -2.13. The monoisotopic (exact) mass is 372 g/mol. The van der Waals surface area contributed by atoms with Gasteiger partial charge < -0.3 is 19.3 Å². The molecule has 0 aliphatic heterocycles. The molecule has 128 valence electrons. The Balaban J connectivity index is 1.83. The molecule has 0 aliphatic rings. The van der Waals surface area contributed by atoms with Crippen LogP contribution in [0.5, 0.6) is 5.88 Å². The second-order valence-electron chi connectivity index (χ2n) is 4.84. The minimum Gasteiger partial charge on any atom is -0.463 e. The molecule has 9 heteroatoms. The number of carbonyl (C=O) groups excluding carboxylic acids is 2. The Morgan fingerprint density at radius 2 is 1.92 bits per heavy atom. The second kappa shape index (κ2) is 8.03. The average molecular weight is 373 g/mol. The Labute approximate surface area is 147 Å². The first-order valence-electron chi connectivity index (χ1n) is 6.86. The van der Waals surface area contributed by atoms with Crippen LogP contribution < -0.4 is 10.1 Å². The molecule has 7 nitrogen and oxygen atoms in total. The number of amides is 1. The van der Waals surface area contributed by atoms with Crippen LogP contribution in [0.25, 0.3) is 0 Å². The van der Waals surface area contributed by atoms with E-state index >= 15 is 0 Å². The van der Waals surface area contributed by atoms with Crippen molar-refractivity contribution in [3.8, 4) is 5.88 Å². The van der Waals surface area contributed by atoms with E-state index in [0.717, 1.165) is 0 Å². The number of anilines is 1. The van der Waals surface area contributed by atoms with Gasteiger partial charge in [0.15, 0.2) is 12.7 Å². The quantitative estimate of drug-likeness (QED) is 0.782. The molecule has 1 N–H and O–H groups in total. The summed E-state index contributed by atoms with van der Waals surface area (Å²) in [4.78, 5) is 23.7. The summed E-state index contributed by atoms with van der Waals surface area (Å²) in [5, 5.41) is 6.87. The van der Waals surface area contributed by atoms with E-state index in [4.69, 9.17) is 37.2 Å². The normalized spacial score (nSPS) is 11.7. The highest BCUT2D eigenvalue weighted by atomic mass is 35.5. The van der Waals surface area contributed by atoms with Gasteiger partial charge in [-0.2, -0.15) is 0 Å². The molecule has 0 aliphatic carbocycles. The standard InChI is InChI=1S/C15H14Cl2N2O5/c1-8-3-13(19-24-8)22-7-14(20)23-9(2)15(21)18-12-5-10(16)4-11(17)6-12/h3-6,9H,7H2,1-2H3,(H,18,21)/t9-/m0/s1. The van der Waals surface area contributed by atoms with Crippen molar-refractivity contribution in [1.82, 2.24) is 5.16 Å². The van der Waals surface area contributed by atoms with Crippen LogP contribution in [0, 0.1) is 6.92 Å². The maximum Gasteiger partial charge on any atom is 0.345 e. The van der Waals surface area contributed by atoms with Gasteiger partial charge >= 0.3 is 5.97 Å². The Morgan fingerprint density at radius 1 is 1.25 bits per heavy atom. The first kappa shape index (κ1) is 18.1. The van der Waals surface area contributed by atoms with Crippen molar-refractivity contribution in [3.05, 3.63) is 40.1 Å². The fourth-order valence-corrected chi connectivity index (χ4v) is 2.23. The van der Waals surface area contributed by atoms with E-state index in [1.807, 2.05) is 0 Å². The number of rotatable bonds is 6. The number of aryl methyl sites for hydroxylation is 1.